The number of para-hydroxylation sites is 1. The molecule has 8 nitrogen and oxygen atoms in total. The van der Waals surface area contributed by atoms with E-state index in [1.165, 1.54) is 0 Å². The van der Waals surface area contributed by atoms with Crippen molar-refractivity contribution in [2.75, 3.05) is 12.8 Å². The van der Waals surface area contributed by atoms with Gasteiger partial charge in [0, 0.05) is 23.6 Å². The zero-order valence-electron chi connectivity index (χ0n) is 15.5. The number of hydrogen-bond acceptors (Lipinski definition) is 6. The fourth-order valence-corrected chi connectivity index (χ4v) is 3.52. The van der Waals surface area contributed by atoms with Crippen molar-refractivity contribution in [3.05, 3.63) is 56.7 Å². The zero-order chi connectivity index (χ0) is 22.3. The molecule has 0 spiro atoms. The predicted molar refractivity (Wildman–Crippen MR) is 104 cm³/mol. The number of anilines is 1. The number of rotatable bonds is 5. The van der Waals surface area contributed by atoms with Crippen LogP contribution in [-0.4, -0.2) is 38.9 Å². The van der Waals surface area contributed by atoms with Crippen LogP contribution in [-0.2, 0) is 28.1 Å². The highest BCUT2D eigenvalue weighted by atomic mass is 32.1. The Morgan fingerprint density at radius 3 is 2.63 bits per heavy atom. The van der Waals surface area contributed by atoms with Gasteiger partial charge < -0.3 is 25.1 Å². The summed E-state index contributed by atoms with van der Waals surface area (Å²) >= 11 is 5.03. The van der Waals surface area contributed by atoms with Gasteiger partial charge in [-0.25, -0.2) is 4.79 Å². The van der Waals surface area contributed by atoms with Crippen LogP contribution in [0.5, 0.6) is 0 Å². The van der Waals surface area contributed by atoms with Crippen molar-refractivity contribution in [2.45, 2.75) is 24.7 Å². The van der Waals surface area contributed by atoms with Crippen molar-refractivity contribution in [3.63, 3.8) is 0 Å². The lowest BCUT2D eigenvalue weighted by molar-refractivity contribution is -0.267. The molecule has 0 fully saturated rings. The summed E-state index contributed by atoms with van der Waals surface area (Å²) in [7, 11) is 0.649. The maximum Gasteiger partial charge on any atom is 0.432 e. The van der Waals surface area contributed by atoms with Crippen LogP contribution in [0, 0.1) is 4.77 Å². The lowest BCUT2D eigenvalue weighted by atomic mass is 9.94. The number of aliphatic hydroxyl groups is 1. The predicted octanol–water partition coefficient (Wildman–Crippen LogP) is 2.13. The average Bonchev–Trinajstić information content (AvgIpc) is 3.09. The van der Waals surface area contributed by atoms with Gasteiger partial charge in [-0.1, -0.05) is 18.2 Å². The van der Waals surface area contributed by atoms with Crippen LogP contribution in [0.15, 0.2) is 35.3 Å². The van der Waals surface area contributed by atoms with Crippen molar-refractivity contribution in [2.24, 2.45) is 0 Å². The Bertz CT molecular complexity index is 1230. The Balaban J connectivity index is 2.10. The topological polar surface area (TPSA) is 126 Å². The first-order valence-corrected chi connectivity index (χ1v) is 8.98. The fraction of sp³-hybridized carbons (Fsp3) is 0.278. The number of hydrogen-bond donors (Lipinski definition) is 4. The van der Waals surface area contributed by atoms with Crippen LogP contribution in [0.4, 0.5) is 19.0 Å². The molecule has 5 N–H and O–H groups in total. The van der Waals surface area contributed by atoms with Crippen molar-refractivity contribution in [3.8, 4) is 0 Å². The molecule has 0 saturated heterocycles. The number of aromatic amines is 2. The van der Waals surface area contributed by atoms with E-state index >= 15 is 0 Å². The van der Waals surface area contributed by atoms with Gasteiger partial charge >= 0.3 is 12.1 Å². The summed E-state index contributed by atoms with van der Waals surface area (Å²) in [5, 5.41) is 11.1. The van der Waals surface area contributed by atoms with Gasteiger partial charge in [0.15, 0.2) is 4.77 Å². The Morgan fingerprint density at radius 1 is 1.33 bits per heavy atom. The number of carbonyl (C=O) groups is 1. The summed E-state index contributed by atoms with van der Waals surface area (Å²) < 4.78 is 45.7. The van der Waals surface area contributed by atoms with Gasteiger partial charge in [0.25, 0.3) is 11.2 Å². The van der Waals surface area contributed by atoms with Gasteiger partial charge in [-0.3, -0.25) is 9.78 Å². The van der Waals surface area contributed by atoms with Gasteiger partial charge in [-0.05, 0) is 30.3 Å². The third-order valence-electron chi connectivity index (χ3n) is 4.77. The fourth-order valence-electron chi connectivity index (χ4n) is 3.24. The van der Waals surface area contributed by atoms with Gasteiger partial charge in [0.05, 0.1) is 7.11 Å². The monoisotopic (exact) mass is 442 g/mol. The molecule has 0 amide bonds. The van der Waals surface area contributed by atoms with Crippen LogP contribution in [0.25, 0.3) is 10.9 Å². The number of carbonyl (C=O) groups excluding carboxylic acids is 1. The van der Waals surface area contributed by atoms with Crippen molar-refractivity contribution >= 4 is 34.9 Å². The van der Waals surface area contributed by atoms with Crippen LogP contribution >= 0.6 is 12.2 Å². The van der Waals surface area contributed by atoms with E-state index in [0.717, 1.165) is 21.0 Å². The molecule has 0 radical (unpaired) electrons. The third kappa shape index (κ3) is 3.37. The number of nitrogens with two attached hydrogens (primary N) is 1. The maximum atomic E-state index is 13.6. The maximum absolute atomic E-state index is 13.6. The van der Waals surface area contributed by atoms with Gasteiger partial charge in [0.2, 0.25) is 0 Å². The Labute approximate surface area is 172 Å². The van der Waals surface area contributed by atoms with E-state index in [9.17, 15) is 27.9 Å². The largest absolute Gasteiger partial charge is 0.466 e. The standard InChI is InChI=1S/C18H17F3N4O4S/c1-29-15(27)17(28,18(19,20)21)12-13(22)25(16(30)24-14(12)26)7-6-9-8-23-11-5-3-2-4-10(9)11/h2-5,8,23,28H,6-7,22H2,1H3,(H,24,26,30). The Kier molecular flexibility index (Phi) is 5.48. The summed E-state index contributed by atoms with van der Waals surface area (Å²) in [6, 6.07) is 7.39. The molecule has 30 heavy (non-hydrogen) atoms. The number of nitrogens with one attached hydrogen (secondary N) is 2. The molecule has 0 aliphatic rings. The lowest BCUT2D eigenvalue weighted by Gasteiger charge is -2.29. The highest BCUT2D eigenvalue weighted by Crippen LogP contribution is 2.40. The van der Waals surface area contributed by atoms with Crippen LogP contribution in [0.3, 0.4) is 0 Å². The SMILES string of the molecule is COC(=O)C(O)(c1c(N)n(CCc2c[nH]c3ccccc23)c(=S)[nH]c1=O)C(F)(F)F. The highest BCUT2D eigenvalue weighted by molar-refractivity contribution is 7.71. The minimum absolute atomic E-state index is 0.0224. The molecule has 12 heteroatoms. The molecular formula is C18H17F3N4O4S. The highest BCUT2D eigenvalue weighted by Gasteiger charge is 2.64. The molecule has 2 aromatic heterocycles. The second-order valence-corrected chi connectivity index (χ2v) is 6.87. The third-order valence-corrected chi connectivity index (χ3v) is 5.09. The van der Waals surface area contributed by atoms with Crippen LogP contribution in [0.2, 0.25) is 0 Å². The first kappa shape index (κ1) is 21.6. The molecule has 0 bridgehead atoms. The molecule has 0 aliphatic heterocycles. The second-order valence-electron chi connectivity index (χ2n) is 6.48. The van der Waals surface area contributed by atoms with E-state index in [4.69, 9.17) is 18.0 Å². The van der Waals surface area contributed by atoms with E-state index in [1.807, 2.05) is 29.2 Å². The van der Waals surface area contributed by atoms with E-state index < -0.39 is 34.7 Å². The number of fused-ring (bicyclic) bond motifs is 1. The number of aryl methyl sites for hydroxylation is 1. The average molecular weight is 442 g/mol. The minimum Gasteiger partial charge on any atom is -0.466 e. The number of nitrogens with zero attached hydrogens (tertiary/aromatic N) is 1. The van der Waals surface area contributed by atoms with Crippen molar-refractivity contribution in [1.29, 1.82) is 0 Å². The number of H-pyrrole nitrogens is 2. The summed E-state index contributed by atoms with van der Waals surface area (Å²) in [5.41, 5.74) is 0.418. The molecule has 1 unspecified atom stereocenters. The van der Waals surface area contributed by atoms with E-state index in [0.29, 0.717) is 7.11 Å². The van der Waals surface area contributed by atoms with Crippen molar-refractivity contribution in [1.82, 2.24) is 14.5 Å². The molecule has 2 heterocycles. The molecule has 3 aromatic rings. The molecule has 1 atom stereocenters. The summed E-state index contributed by atoms with van der Waals surface area (Å²) in [5.74, 6) is -2.87. The van der Waals surface area contributed by atoms with Crippen LogP contribution in [0.1, 0.15) is 11.1 Å². The zero-order valence-corrected chi connectivity index (χ0v) is 16.4. The number of ether oxygens (including phenoxy) is 1. The number of aromatic nitrogens is 3. The molecule has 0 aliphatic carbocycles. The first-order valence-electron chi connectivity index (χ1n) is 8.58. The first-order chi connectivity index (χ1) is 14.0. The Morgan fingerprint density at radius 2 is 2.00 bits per heavy atom. The number of alkyl halides is 3. The molecular weight excluding hydrogens is 425 g/mol. The summed E-state index contributed by atoms with van der Waals surface area (Å²) in [6.07, 6.45) is -3.55. The van der Waals surface area contributed by atoms with Gasteiger partial charge in [-0.15, -0.1) is 0 Å². The molecule has 3 rings (SSSR count). The van der Waals surface area contributed by atoms with Gasteiger partial charge in [0.1, 0.15) is 11.4 Å². The quantitative estimate of drug-likeness (QED) is 0.354. The lowest BCUT2D eigenvalue weighted by Crippen LogP contribution is -2.53. The summed E-state index contributed by atoms with van der Waals surface area (Å²) in [6.45, 7) is -0.0224. The summed E-state index contributed by atoms with van der Waals surface area (Å²) in [4.78, 5) is 29.2. The van der Waals surface area contributed by atoms with E-state index in [2.05, 4.69) is 9.72 Å². The molecule has 160 valence electrons. The van der Waals surface area contributed by atoms with E-state index in [1.54, 1.807) is 6.20 Å². The smallest absolute Gasteiger partial charge is 0.432 e. The van der Waals surface area contributed by atoms with Crippen LogP contribution < -0.4 is 11.3 Å². The number of nitrogen functional groups attached to an aromatic ring is 1. The molecule has 0 saturated carbocycles. The Hall–Kier alpha value is -3.12. The number of benzene rings is 1. The molecule has 1 aromatic carbocycles. The van der Waals surface area contributed by atoms with Crippen molar-refractivity contribution < 1.29 is 27.8 Å². The van der Waals surface area contributed by atoms with E-state index in [-0.39, 0.29) is 17.7 Å². The van der Waals surface area contributed by atoms with Gasteiger partial charge in [-0.2, -0.15) is 13.2 Å². The number of esters is 1. The number of halogens is 3. The minimum atomic E-state index is -5.57. The second kappa shape index (κ2) is 7.61. The normalized spacial score (nSPS) is 13.9. The number of methoxy groups -OCH3 is 1.